The van der Waals surface area contributed by atoms with E-state index in [-0.39, 0.29) is 0 Å². The fraction of sp³-hybridized carbons (Fsp3) is 0.647. The summed E-state index contributed by atoms with van der Waals surface area (Å²) >= 11 is 6.28. The maximum Gasteiger partial charge on any atom is 0.138 e. The second-order valence-electron chi connectivity index (χ2n) is 6.14. The van der Waals surface area contributed by atoms with Gasteiger partial charge >= 0.3 is 0 Å². The fourth-order valence-electron chi connectivity index (χ4n) is 3.01. The van der Waals surface area contributed by atoms with E-state index in [4.69, 9.17) is 16.3 Å². The van der Waals surface area contributed by atoms with Crippen LogP contribution in [0.3, 0.4) is 0 Å². The third kappa shape index (κ3) is 4.05. The Morgan fingerprint density at radius 1 is 1.30 bits per heavy atom. The van der Waals surface area contributed by atoms with Crippen LogP contribution in [0.2, 0.25) is 5.02 Å². The van der Waals surface area contributed by atoms with Gasteiger partial charge in [0.15, 0.2) is 0 Å². The van der Waals surface area contributed by atoms with Crippen LogP contribution in [0.4, 0.5) is 5.69 Å². The van der Waals surface area contributed by atoms with E-state index in [0.29, 0.717) is 23.6 Å². The summed E-state index contributed by atoms with van der Waals surface area (Å²) in [6.07, 6.45) is 4.86. The van der Waals surface area contributed by atoms with Gasteiger partial charge in [0.05, 0.1) is 11.6 Å². The minimum absolute atomic E-state index is 0.560. The van der Waals surface area contributed by atoms with Crippen molar-refractivity contribution in [3.63, 3.8) is 0 Å². The van der Waals surface area contributed by atoms with Crippen LogP contribution in [-0.4, -0.2) is 12.6 Å². The van der Waals surface area contributed by atoms with Crippen molar-refractivity contribution in [1.82, 2.24) is 0 Å². The minimum Gasteiger partial charge on any atom is -0.492 e. The normalized spacial score (nSPS) is 26.3. The van der Waals surface area contributed by atoms with E-state index in [1.54, 1.807) is 0 Å². The Kier molecular flexibility index (Phi) is 5.59. The van der Waals surface area contributed by atoms with Crippen molar-refractivity contribution >= 4 is 17.3 Å². The summed E-state index contributed by atoms with van der Waals surface area (Å²) < 4.78 is 5.61. The van der Waals surface area contributed by atoms with Gasteiger partial charge in [0.2, 0.25) is 0 Å². The molecule has 0 bridgehead atoms. The standard InChI is InChI=1S/C17H26ClNO/c1-4-9-20-17-8-6-14(11-15(17)18)19-16-7-5-12(2)10-13(16)3/h6,8,11-13,16,19H,4-5,7,9-10H2,1-3H3. The van der Waals surface area contributed by atoms with Gasteiger partial charge in [0, 0.05) is 11.7 Å². The molecular formula is C17H26ClNO. The van der Waals surface area contributed by atoms with E-state index in [1.165, 1.54) is 19.3 Å². The second-order valence-corrected chi connectivity index (χ2v) is 6.55. The van der Waals surface area contributed by atoms with Gasteiger partial charge in [-0.3, -0.25) is 0 Å². The monoisotopic (exact) mass is 295 g/mol. The molecule has 0 saturated heterocycles. The number of halogens is 1. The first-order chi connectivity index (χ1) is 9.60. The fourth-order valence-corrected chi connectivity index (χ4v) is 3.25. The number of anilines is 1. The lowest BCUT2D eigenvalue weighted by Gasteiger charge is -2.34. The highest BCUT2D eigenvalue weighted by Gasteiger charge is 2.25. The summed E-state index contributed by atoms with van der Waals surface area (Å²) in [7, 11) is 0. The Labute approximate surface area is 127 Å². The quantitative estimate of drug-likeness (QED) is 0.789. The van der Waals surface area contributed by atoms with E-state index in [2.05, 4.69) is 32.2 Å². The van der Waals surface area contributed by atoms with Crippen molar-refractivity contribution in [3.05, 3.63) is 23.2 Å². The van der Waals surface area contributed by atoms with Crippen LogP contribution in [0.5, 0.6) is 5.75 Å². The van der Waals surface area contributed by atoms with Crippen molar-refractivity contribution in [2.75, 3.05) is 11.9 Å². The van der Waals surface area contributed by atoms with E-state index >= 15 is 0 Å². The van der Waals surface area contributed by atoms with Crippen LogP contribution in [0.25, 0.3) is 0 Å². The summed E-state index contributed by atoms with van der Waals surface area (Å²) in [6, 6.07) is 6.58. The molecule has 1 N–H and O–H groups in total. The molecular weight excluding hydrogens is 270 g/mol. The average molecular weight is 296 g/mol. The van der Waals surface area contributed by atoms with Crippen molar-refractivity contribution in [3.8, 4) is 5.75 Å². The molecule has 3 unspecified atom stereocenters. The summed E-state index contributed by atoms with van der Waals surface area (Å²) in [5.41, 5.74) is 1.10. The molecule has 1 aliphatic rings. The maximum absolute atomic E-state index is 6.28. The highest BCUT2D eigenvalue weighted by molar-refractivity contribution is 6.32. The summed E-state index contributed by atoms with van der Waals surface area (Å²) in [5.74, 6) is 2.36. The highest BCUT2D eigenvalue weighted by atomic mass is 35.5. The molecule has 0 amide bonds. The molecule has 1 aromatic rings. The smallest absolute Gasteiger partial charge is 0.138 e. The zero-order chi connectivity index (χ0) is 14.5. The third-order valence-corrected chi connectivity index (χ3v) is 4.47. The van der Waals surface area contributed by atoms with Gasteiger partial charge < -0.3 is 10.1 Å². The van der Waals surface area contributed by atoms with Crippen molar-refractivity contribution in [1.29, 1.82) is 0 Å². The Balaban J connectivity index is 1.97. The lowest BCUT2D eigenvalue weighted by molar-refractivity contribution is 0.276. The third-order valence-electron chi connectivity index (χ3n) is 4.18. The van der Waals surface area contributed by atoms with Gasteiger partial charge in [-0.25, -0.2) is 0 Å². The predicted octanol–water partition coefficient (Wildman–Crippen LogP) is 5.37. The first-order valence-corrected chi connectivity index (χ1v) is 8.16. The average Bonchev–Trinajstić information content (AvgIpc) is 2.41. The molecule has 2 rings (SSSR count). The maximum atomic E-state index is 6.28. The lowest BCUT2D eigenvalue weighted by Crippen LogP contribution is -2.32. The molecule has 112 valence electrons. The van der Waals surface area contributed by atoms with Gasteiger partial charge in [0.25, 0.3) is 0 Å². The Bertz CT molecular complexity index is 435. The summed E-state index contributed by atoms with van der Waals surface area (Å²) in [5, 5.41) is 4.33. The predicted molar refractivity (Wildman–Crippen MR) is 86.8 cm³/mol. The summed E-state index contributed by atoms with van der Waals surface area (Å²) in [6.45, 7) is 7.50. The zero-order valence-electron chi connectivity index (χ0n) is 12.8. The van der Waals surface area contributed by atoms with Gasteiger partial charge in [-0.15, -0.1) is 0 Å². The van der Waals surface area contributed by atoms with Crippen LogP contribution >= 0.6 is 11.6 Å². The number of hydrogen-bond acceptors (Lipinski definition) is 2. The molecule has 1 fully saturated rings. The van der Waals surface area contributed by atoms with E-state index in [9.17, 15) is 0 Å². The molecule has 0 radical (unpaired) electrons. The molecule has 3 atom stereocenters. The molecule has 1 saturated carbocycles. The number of nitrogens with one attached hydrogen (secondary N) is 1. The molecule has 1 aliphatic carbocycles. The first-order valence-electron chi connectivity index (χ1n) is 7.79. The molecule has 0 aromatic heterocycles. The van der Waals surface area contributed by atoms with Gasteiger partial charge in [-0.1, -0.05) is 32.4 Å². The molecule has 2 nitrogen and oxygen atoms in total. The van der Waals surface area contributed by atoms with E-state index < -0.39 is 0 Å². The Morgan fingerprint density at radius 2 is 2.10 bits per heavy atom. The molecule has 0 heterocycles. The highest BCUT2D eigenvalue weighted by Crippen LogP contribution is 2.33. The van der Waals surface area contributed by atoms with Gasteiger partial charge in [-0.05, 0) is 55.7 Å². The Morgan fingerprint density at radius 3 is 2.75 bits per heavy atom. The molecule has 0 spiro atoms. The largest absolute Gasteiger partial charge is 0.492 e. The second kappa shape index (κ2) is 7.21. The molecule has 3 heteroatoms. The number of benzene rings is 1. The van der Waals surface area contributed by atoms with Crippen LogP contribution in [0.15, 0.2) is 18.2 Å². The van der Waals surface area contributed by atoms with E-state index in [1.807, 2.05) is 12.1 Å². The Hall–Kier alpha value is -0.890. The first kappa shape index (κ1) is 15.5. The van der Waals surface area contributed by atoms with E-state index in [0.717, 1.165) is 23.8 Å². The number of ether oxygens (including phenoxy) is 1. The number of hydrogen-bond donors (Lipinski definition) is 1. The SMILES string of the molecule is CCCOc1ccc(NC2CCC(C)CC2C)cc1Cl. The molecule has 20 heavy (non-hydrogen) atoms. The van der Waals surface area contributed by atoms with Crippen molar-refractivity contribution < 1.29 is 4.74 Å². The lowest BCUT2D eigenvalue weighted by atomic mass is 9.80. The van der Waals surface area contributed by atoms with Crippen LogP contribution in [0.1, 0.15) is 46.5 Å². The van der Waals surface area contributed by atoms with Gasteiger partial charge in [0.1, 0.15) is 5.75 Å². The molecule has 1 aromatic carbocycles. The topological polar surface area (TPSA) is 21.3 Å². The summed E-state index contributed by atoms with van der Waals surface area (Å²) in [4.78, 5) is 0. The number of rotatable bonds is 5. The van der Waals surface area contributed by atoms with Crippen molar-refractivity contribution in [2.24, 2.45) is 11.8 Å². The minimum atomic E-state index is 0.560. The zero-order valence-corrected chi connectivity index (χ0v) is 13.5. The van der Waals surface area contributed by atoms with Gasteiger partial charge in [-0.2, -0.15) is 0 Å². The van der Waals surface area contributed by atoms with Crippen LogP contribution in [-0.2, 0) is 0 Å². The van der Waals surface area contributed by atoms with Crippen LogP contribution < -0.4 is 10.1 Å². The van der Waals surface area contributed by atoms with Crippen LogP contribution in [0, 0.1) is 11.8 Å². The van der Waals surface area contributed by atoms with Crippen molar-refractivity contribution in [2.45, 2.75) is 52.5 Å². The molecule has 0 aliphatic heterocycles.